The Morgan fingerprint density at radius 2 is 1.24 bits per heavy atom. The number of nitrogens with one attached hydrogen (secondary N) is 1. The minimum absolute atomic E-state index is 0.285. The predicted molar refractivity (Wildman–Crippen MR) is 87.4 cm³/mol. The average molecular weight is 277 g/mol. The van der Waals surface area contributed by atoms with Crippen molar-refractivity contribution in [1.82, 2.24) is 5.32 Å². The quantitative estimate of drug-likeness (QED) is 0.642. The summed E-state index contributed by atoms with van der Waals surface area (Å²) in [6, 6.07) is 24.4. The molecule has 0 aliphatic carbocycles. The smallest absolute Gasteiger partial charge is 0.0824 e. The van der Waals surface area contributed by atoms with Crippen molar-refractivity contribution in [3.8, 4) is 0 Å². The molecule has 3 aromatic rings. The molecule has 0 spiro atoms. The second-order valence-electron chi connectivity index (χ2n) is 5.14. The van der Waals surface area contributed by atoms with Gasteiger partial charge in [-0.15, -0.1) is 0 Å². The highest BCUT2D eigenvalue weighted by Crippen LogP contribution is 2.19. The maximum atomic E-state index is 6.23. The topological polar surface area (TPSA) is 64.1 Å². The maximum Gasteiger partial charge on any atom is 0.0824 e. The standard InChI is InChI=1S/C18H19N3/c19-17(14-7-2-1-3-8-14)21-18(20)16-11-10-13-6-4-5-9-15(13)12-16/h1-12,17-18,21H,19-20H2. The lowest BCUT2D eigenvalue weighted by Gasteiger charge is -2.21. The van der Waals surface area contributed by atoms with Gasteiger partial charge in [-0.05, 0) is 28.0 Å². The third-order valence-electron chi connectivity index (χ3n) is 3.65. The summed E-state index contributed by atoms with van der Waals surface area (Å²) < 4.78 is 0. The zero-order chi connectivity index (χ0) is 14.7. The number of nitrogens with two attached hydrogens (primary N) is 2. The van der Waals surface area contributed by atoms with Gasteiger partial charge in [-0.25, -0.2) is 0 Å². The fraction of sp³-hybridized carbons (Fsp3) is 0.111. The van der Waals surface area contributed by atoms with Crippen molar-refractivity contribution < 1.29 is 0 Å². The number of hydrogen-bond acceptors (Lipinski definition) is 3. The zero-order valence-corrected chi connectivity index (χ0v) is 11.7. The zero-order valence-electron chi connectivity index (χ0n) is 11.7. The van der Waals surface area contributed by atoms with Crippen LogP contribution in [-0.4, -0.2) is 0 Å². The van der Waals surface area contributed by atoms with Crippen LogP contribution >= 0.6 is 0 Å². The second kappa shape index (κ2) is 6.06. The monoisotopic (exact) mass is 277 g/mol. The molecule has 0 saturated carbocycles. The van der Waals surface area contributed by atoms with Gasteiger partial charge in [0, 0.05) is 0 Å². The fourth-order valence-corrected chi connectivity index (χ4v) is 2.45. The summed E-state index contributed by atoms with van der Waals surface area (Å²) in [7, 11) is 0. The Labute approximate surface area is 124 Å². The van der Waals surface area contributed by atoms with E-state index >= 15 is 0 Å². The molecule has 3 heteroatoms. The van der Waals surface area contributed by atoms with Crippen molar-refractivity contribution in [3.63, 3.8) is 0 Å². The molecule has 0 radical (unpaired) electrons. The molecule has 3 rings (SSSR count). The van der Waals surface area contributed by atoms with Crippen LogP contribution in [0.4, 0.5) is 0 Å². The molecular formula is C18H19N3. The van der Waals surface area contributed by atoms with E-state index in [2.05, 4.69) is 29.6 Å². The van der Waals surface area contributed by atoms with Gasteiger partial charge in [0.05, 0.1) is 12.3 Å². The normalized spacial score (nSPS) is 14.0. The summed E-state index contributed by atoms with van der Waals surface area (Å²) >= 11 is 0. The van der Waals surface area contributed by atoms with Crippen LogP contribution in [-0.2, 0) is 0 Å². The Morgan fingerprint density at radius 3 is 2.00 bits per heavy atom. The van der Waals surface area contributed by atoms with Crippen LogP contribution in [0.25, 0.3) is 10.8 Å². The first-order chi connectivity index (χ1) is 10.2. The molecular weight excluding hydrogens is 258 g/mol. The Kier molecular flexibility index (Phi) is 3.97. The highest BCUT2D eigenvalue weighted by Gasteiger charge is 2.11. The molecule has 0 aliphatic rings. The third-order valence-corrected chi connectivity index (χ3v) is 3.65. The first-order valence-electron chi connectivity index (χ1n) is 7.05. The molecule has 3 nitrogen and oxygen atoms in total. The van der Waals surface area contributed by atoms with Crippen LogP contribution in [0.3, 0.4) is 0 Å². The van der Waals surface area contributed by atoms with E-state index in [4.69, 9.17) is 11.5 Å². The van der Waals surface area contributed by atoms with Crippen molar-refractivity contribution in [1.29, 1.82) is 0 Å². The van der Waals surface area contributed by atoms with E-state index in [0.29, 0.717) is 0 Å². The molecule has 2 unspecified atom stereocenters. The molecule has 3 aromatic carbocycles. The first kappa shape index (κ1) is 13.8. The van der Waals surface area contributed by atoms with Gasteiger partial charge in [0.15, 0.2) is 0 Å². The minimum Gasteiger partial charge on any atom is -0.312 e. The van der Waals surface area contributed by atoms with Crippen LogP contribution in [0.2, 0.25) is 0 Å². The maximum absolute atomic E-state index is 6.23. The molecule has 0 bridgehead atoms. The average Bonchev–Trinajstić information content (AvgIpc) is 2.55. The van der Waals surface area contributed by atoms with E-state index in [1.807, 2.05) is 48.5 Å². The SMILES string of the molecule is NC(NC(N)c1ccc2ccccc2c1)c1ccccc1. The summed E-state index contributed by atoms with van der Waals surface area (Å²) in [6.07, 6.45) is -0.586. The molecule has 0 fully saturated rings. The highest BCUT2D eigenvalue weighted by atomic mass is 15.1. The van der Waals surface area contributed by atoms with Crippen LogP contribution in [0.15, 0.2) is 72.8 Å². The molecule has 5 N–H and O–H groups in total. The summed E-state index contributed by atoms with van der Waals surface area (Å²) in [4.78, 5) is 0. The van der Waals surface area contributed by atoms with Gasteiger partial charge in [-0.3, -0.25) is 5.32 Å². The predicted octanol–water partition coefficient (Wildman–Crippen LogP) is 3.04. The van der Waals surface area contributed by atoms with E-state index < -0.39 is 0 Å². The van der Waals surface area contributed by atoms with E-state index in [9.17, 15) is 0 Å². The number of hydrogen-bond donors (Lipinski definition) is 3. The fourth-order valence-electron chi connectivity index (χ4n) is 2.45. The Balaban J connectivity index is 1.79. The molecule has 106 valence electrons. The summed E-state index contributed by atoms with van der Waals surface area (Å²) in [5.41, 5.74) is 14.4. The van der Waals surface area contributed by atoms with E-state index in [-0.39, 0.29) is 12.3 Å². The van der Waals surface area contributed by atoms with Gasteiger partial charge in [0.1, 0.15) is 0 Å². The number of rotatable bonds is 4. The van der Waals surface area contributed by atoms with Crippen LogP contribution < -0.4 is 16.8 Å². The summed E-state index contributed by atoms with van der Waals surface area (Å²) in [5.74, 6) is 0. The van der Waals surface area contributed by atoms with Gasteiger partial charge in [0.2, 0.25) is 0 Å². The van der Waals surface area contributed by atoms with E-state index in [1.54, 1.807) is 0 Å². The van der Waals surface area contributed by atoms with Crippen molar-refractivity contribution in [2.75, 3.05) is 0 Å². The van der Waals surface area contributed by atoms with Crippen LogP contribution in [0.1, 0.15) is 23.5 Å². The Bertz CT molecular complexity index is 725. The number of benzene rings is 3. The molecule has 0 saturated heterocycles. The molecule has 0 amide bonds. The minimum atomic E-state index is -0.301. The van der Waals surface area contributed by atoms with Gasteiger partial charge < -0.3 is 11.5 Å². The van der Waals surface area contributed by atoms with Gasteiger partial charge in [-0.2, -0.15) is 0 Å². The highest BCUT2D eigenvalue weighted by molar-refractivity contribution is 5.83. The second-order valence-corrected chi connectivity index (χ2v) is 5.14. The molecule has 2 atom stereocenters. The summed E-state index contributed by atoms with van der Waals surface area (Å²) in [5, 5.41) is 5.62. The van der Waals surface area contributed by atoms with E-state index in [0.717, 1.165) is 11.1 Å². The lowest BCUT2D eigenvalue weighted by molar-refractivity contribution is 0.464. The molecule has 0 aliphatic heterocycles. The Hall–Kier alpha value is -2.20. The molecule has 0 heterocycles. The van der Waals surface area contributed by atoms with Crippen LogP contribution in [0, 0.1) is 0 Å². The van der Waals surface area contributed by atoms with Crippen molar-refractivity contribution in [2.45, 2.75) is 12.3 Å². The van der Waals surface area contributed by atoms with Crippen LogP contribution in [0.5, 0.6) is 0 Å². The molecule has 0 aromatic heterocycles. The van der Waals surface area contributed by atoms with Gasteiger partial charge in [-0.1, -0.05) is 66.7 Å². The summed E-state index contributed by atoms with van der Waals surface area (Å²) in [6.45, 7) is 0. The third kappa shape index (κ3) is 3.11. The first-order valence-corrected chi connectivity index (χ1v) is 7.05. The van der Waals surface area contributed by atoms with Gasteiger partial charge in [0.25, 0.3) is 0 Å². The largest absolute Gasteiger partial charge is 0.312 e. The van der Waals surface area contributed by atoms with E-state index in [1.165, 1.54) is 10.8 Å². The van der Waals surface area contributed by atoms with Crippen molar-refractivity contribution in [2.24, 2.45) is 11.5 Å². The molecule has 21 heavy (non-hydrogen) atoms. The van der Waals surface area contributed by atoms with Crippen molar-refractivity contribution >= 4 is 10.8 Å². The Morgan fingerprint density at radius 1 is 0.619 bits per heavy atom. The van der Waals surface area contributed by atoms with Gasteiger partial charge >= 0.3 is 0 Å². The number of fused-ring (bicyclic) bond motifs is 1. The van der Waals surface area contributed by atoms with Crippen molar-refractivity contribution in [3.05, 3.63) is 83.9 Å². The lowest BCUT2D eigenvalue weighted by atomic mass is 10.1. The lowest BCUT2D eigenvalue weighted by Crippen LogP contribution is -2.36.